The van der Waals surface area contributed by atoms with E-state index in [1.54, 1.807) is 11.3 Å². The molecular formula is C12H23N3S. The van der Waals surface area contributed by atoms with Crippen molar-refractivity contribution >= 4 is 11.3 Å². The summed E-state index contributed by atoms with van der Waals surface area (Å²) in [5.41, 5.74) is 2.92. The average Bonchev–Trinajstić information content (AvgIpc) is 2.81. The standard InChI is InChI=1S/C12H23N3S/c1-3-15(4-2)8-7-11(14-13)10-12-6-5-9-16-12/h5-6,9,11,14H,3-4,7-8,10,13H2,1-2H3. The number of hydrazine groups is 1. The summed E-state index contributed by atoms with van der Waals surface area (Å²) < 4.78 is 0. The maximum absolute atomic E-state index is 5.59. The highest BCUT2D eigenvalue weighted by Crippen LogP contribution is 2.12. The Labute approximate surface area is 103 Å². The lowest BCUT2D eigenvalue weighted by molar-refractivity contribution is 0.281. The van der Waals surface area contributed by atoms with Crippen molar-refractivity contribution in [2.45, 2.75) is 32.7 Å². The SMILES string of the molecule is CCN(CC)CCC(Cc1cccs1)NN. The second-order valence-electron chi connectivity index (χ2n) is 3.96. The first-order valence-electron chi connectivity index (χ1n) is 6.01. The lowest BCUT2D eigenvalue weighted by Gasteiger charge is -2.22. The Balaban J connectivity index is 2.31. The molecule has 3 N–H and O–H groups in total. The molecule has 16 heavy (non-hydrogen) atoms. The van der Waals surface area contributed by atoms with Crippen LogP contribution in [0.3, 0.4) is 0 Å². The van der Waals surface area contributed by atoms with Crippen molar-refractivity contribution < 1.29 is 0 Å². The third-order valence-electron chi connectivity index (χ3n) is 2.95. The van der Waals surface area contributed by atoms with Gasteiger partial charge in [-0.3, -0.25) is 11.3 Å². The van der Waals surface area contributed by atoms with Gasteiger partial charge >= 0.3 is 0 Å². The van der Waals surface area contributed by atoms with Gasteiger partial charge in [-0.05, 0) is 43.9 Å². The summed E-state index contributed by atoms with van der Waals surface area (Å²) in [6.07, 6.45) is 2.14. The van der Waals surface area contributed by atoms with E-state index in [1.807, 2.05) is 0 Å². The fourth-order valence-electron chi connectivity index (χ4n) is 1.79. The first-order valence-corrected chi connectivity index (χ1v) is 6.89. The molecule has 1 unspecified atom stereocenters. The minimum absolute atomic E-state index is 0.388. The number of hydrogen-bond donors (Lipinski definition) is 2. The van der Waals surface area contributed by atoms with Gasteiger partial charge in [0.15, 0.2) is 0 Å². The Hall–Kier alpha value is -0.420. The van der Waals surface area contributed by atoms with Crippen molar-refractivity contribution in [3.63, 3.8) is 0 Å². The van der Waals surface area contributed by atoms with Crippen LogP contribution in [-0.4, -0.2) is 30.6 Å². The monoisotopic (exact) mass is 241 g/mol. The molecule has 1 aromatic rings. The van der Waals surface area contributed by atoms with E-state index in [4.69, 9.17) is 5.84 Å². The molecule has 1 heterocycles. The molecule has 1 atom stereocenters. The van der Waals surface area contributed by atoms with Gasteiger partial charge in [-0.25, -0.2) is 0 Å². The molecule has 1 aromatic heterocycles. The van der Waals surface area contributed by atoms with E-state index in [-0.39, 0.29) is 0 Å². The van der Waals surface area contributed by atoms with Crippen molar-refractivity contribution in [1.29, 1.82) is 0 Å². The molecule has 0 amide bonds. The molecule has 0 spiro atoms. The molecular weight excluding hydrogens is 218 g/mol. The highest BCUT2D eigenvalue weighted by molar-refractivity contribution is 7.09. The first kappa shape index (κ1) is 13.6. The fourth-order valence-corrected chi connectivity index (χ4v) is 2.58. The molecule has 4 heteroatoms. The Morgan fingerprint density at radius 3 is 2.69 bits per heavy atom. The van der Waals surface area contributed by atoms with Gasteiger partial charge in [-0.2, -0.15) is 0 Å². The molecule has 0 fully saturated rings. The van der Waals surface area contributed by atoms with Crippen LogP contribution < -0.4 is 11.3 Å². The molecule has 0 saturated heterocycles. The summed E-state index contributed by atoms with van der Waals surface area (Å²) in [4.78, 5) is 3.83. The van der Waals surface area contributed by atoms with Crippen molar-refractivity contribution in [3.8, 4) is 0 Å². The van der Waals surface area contributed by atoms with Crippen molar-refractivity contribution in [2.75, 3.05) is 19.6 Å². The van der Waals surface area contributed by atoms with Crippen LogP contribution in [0.25, 0.3) is 0 Å². The second-order valence-corrected chi connectivity index (χ2v) is 4.99. The first-order chi connectivity index (χ1) is 7.80. The predicted molar refractivity (Wildman–Crippen MR) is 71.5 cm³/mol. The Kier molecular flexibility index (Phi) is 6.64. The lowest BCUT2D eigenvalue weighted by Crippen LogP contribution is -2.39. The average molecular weight is 241 g/mol. The molecule has 0 radical (unpaired) electrons. The fraction of sp³-hybridized carbons (Fsp3) is 0.667. The van der Waals surface area contributed by atoms with Gasteiger partial charge in [0.2, 0.25) is 0 Å². The third kappa shape index (κ3) is 4.61. The molecule has 0 aliphatic carbocycles. The maximum atomic E-state index is 5.59. The van der Waals surface area contributed by atoms with Crippen LogP contribution in [0.2, 0.25) is 0 Å². The van der Waals surface area contributed by atoms with E-state index >= 15 is 0 Å². The van der Waals surface area contributed by atoms with Crippen LogP contribution >= 0.6 is 11.3 Å². The van der Waals surface area contributed by atoms with Crippen molar-refractivity contribution in [1.82, 2.24) is 10.3 Å². The van der Waals surface area contributed by atoms with Crippen LogP contribution in [0.1, 0.15) is 25.1 Å². The zero-order valence-electron chi connectivity index (χ0n) is 10.3. The predicted octanol–water partition coefficient (Wildman–Crippen LogP) is 1.85. The highest BCUT2D eigenvalue weighted by atomic mass is 32.1. The van der Waals surface area contributed by atoms with Crippen LogP contribution in [-0.2, 0) is 6.42 Å². The summed E-state index contributed by atoms with van der Waals surface area (Å²) in [7, 11) is 0. The molecule has 0 aliphatic rings. The maximum Gasteiger partial charge on any atom is 0.0270 e. The summed E-state index contributed by atoms with van der Waals surface area (Å²) >= 11 is 1.80. The van der Waals surface area contributed by atoms with Crippen LogP contribution in [0, 0.1) is 0 Å². The van der Waals surface area contributed by atoms with Gasteiger partial charge in [-0.1, -0.05) is 19.9 Å². The van der Waals surface area contributed by atoms with Crippen molar-refractivity contribution in [2.24, 2.45) is 5.84 Å². The number of thiophene rings is 1. The zero-order chi connectivity index (χ0) is 11.8. The summed E-state index contributed by atoms with van der Waals surface area (Å²) in [5, 5.41) is 2.12. The Morgan fingerprint density at radius 2 is 2.19 bits per heavy atom. The Bertz CT molecular complexity index is 257. The van der Waals surface area contributed by atoms with E-state index in [9.17, 15) is 0 Å². The minimum atomic E-state index is 0.388. The molecule has 0 aliphatic heterocycles. The van der Waals surface area contributed by atoms with E-state index in [0.29, 0.717) is 6.04 Å². The number of nitrogens with two attached hydrogens (primary N) is 1. The van der Waals surface area contributed by atoms with Crippen LogP contribution in [0.15, 0.2) is 17.5 Å². The summed E-state index contributed by atoms with van der Waals surface area (Å²) in [5.74, 6) is 5.59. The molecule has 1 rings (SSSR count). The minimum Gasteiger partial charge on any atom is -0.304 e. The number of nitrogens with one attached hydrogen (secondary N) is 1. The van der Waals surface area contributed by atoms with E-state index < -0.39 is 0 Å². The van der Waals surface area contributed by atoms with Crippen LogP contribution in [0.4, 0.5) is 0 Å². The molecule has 3 nitrogen and oxygen atoms in total. The van der Waals surface area contributed by atoms with Gasteiger partial charge in [0.25, 0.3) is 0 Å². The highest BCUT2D eigenvalue weighted by Gasteiger charge is 2.10. The molecule has 92 valence electrons. The molecule has 0 aromatic carbocycles. The van der Waals surface area contributed by atoms with E-state index in [0.717, 1.165) is 32.5 Å². The summed E-state index contributed by atoms with van der Waals surface area (Å²) in [6.45, 7) is 7.76. The number of nitrogens with zero attached hydrogens (tertiary/aromatic N) is 1. The van der Waals surface area contributed by atoms with E-state index in [1.165, 1.54) is 4.88 Å². The zero-order valence-corrected chi connectivity index (χ0v) is 11.1. The quantitative estimate of drug-likeness (QED) is 0.539. The van der Waals surface area contributed by atoms with Gasteiger partial charge in [0, 0.05) is 10.9 Å². The van der Waals surface area contributed by atoms with Gasteiger partial charge in [-0.15, -0.1) is 11.3 Å². The van der Waals surface area contributed by atoms with Gasteiger partial charge < -0.3 is 4.90 Å². The number of rotatable bonds is 8. The van der Waals surface area contributed by atoms with Gasteiger partial charge in [0.05, 0.1) is 0 Å². The Morgan fingerprint density at radius 1 is 1.44 bits per heavy atom. The second kappa shape index (κ2) is 7.79. The normalized spacial score (nSPS) is 13.2. The summed E-state index contributed by atoms with van der Waals surface area (Å²) in [6, 6.07) is 4.66. The molecule has 0 bridgehead atoms. The third-order valence-corrected chi connectivity index (χ3v) is 3.85. The van der Waals surface area contributed by atoms with Gasteiger partial charge in [0.1, 0.15) is 0 Å². The van der Waals surface area contributed by atoms with Crippen LogP contribution in [0.5, 0.6) is 0 Å². The van der Waals surface area contributed by atoms with E-state index in [2.05, 4.69) is 41.7 Å². The van der Waals surface area contributed by atoms with Crippen molar-refractivity contribution in [3.05, 3.63) is 22.4 Å². The lowest BCUT2D eigenvalue weighted by atomic mass is 10.1. The topological polar surface area (TPSA) is 41.3 Å². The largest absolute Gasteiger partial charge is 0.304 e. The number of hydrogen-bond acceptors (Lipinski definition) is 4. The smallest absolute Gasteiger partial charge is 0.0270 e. The molecule has 0 saturated carbocycles.